The number of carbonyl (C=O) groups is 1. The van der Waals surface area contributed by atoms with Crippen LogP contribution in [0, 0.1) is 11.8 Å². The van der Waals surface area contributed by atoms with Crippen LogP contribution in [0.2, 0.25) is 0 Å². The summed E-state index contributed by atoms with van der Waals surface area (Å²) in [4.78, 5) is 12.0. The van der Waals surface area contributed by atoms with E-state index in [1.807, 2.05) is 0 Å². The highest BCUT2D eigenvalue weighted by molar-refractivity contribution is 7.15. The van der Waals surface area contributed by atoms with E-state index in [9.17, 15) is 4.79 Å². The number of carbonyl (C=O) groups excluding carboxylic acids is 1. The molecule has 0 radical (unpaired) electrons. The summed E-state index contributed by atoms with van der Waals surface area (Å²) >= 11 is 1.47. The summed E-state index contributed by atoms with van der Waals surface area (Å²) in [6, 6.07) is -0.0950. The van der Waals surface area contributed by atoms with E-state index in [-0.39, 0.29) is 11.9 Å². The molecule has 100 valence electrons. The molecule has 2 heterocycles. The van der Waals surface area contributed by atoms with Crippen molar-refractivity contribution in [3.8, 4) is 0 Å². The summed E-state index contributed by atoms with van der Waals surface area (Å²) in [6.45, 7) is 7.29. The van der Waals surface area contributed by atoms with Crippen LogP contribution in [0.4, 0.5) is 5.13 Å². The van der Waals surface area contributed by atoms with Crippen LogP contribution in [0.15, 0.2) is 0 Å². The van der Waals surface area contributed by atoms with Gasteiger partial charge in [-0.1, -0.05) is 32.1 Å². The summed E-state index contributed by atoms with van der Waals surface area (Å²) in [5, 5.41) is 15.8. The molecule has 2 N–H and O–H groups in total. The lowest BCUT2D eigenvalue weighted by molar-refractivity contribution is -0.118. The smallest absolute Gasteiger partial charge is 0.243 e. The van der Waals surface area contributed by atoms with E-state index in [1.54, 1.807) is 0 Å². The second-order valence-corrected chi connectivity index (χ2v) is 6.35. The molecule has 1 aliphatic heterocycles. The van der Waals surface area contributed by atoms with Crippen LogP contribution in [-0.4, -0.2) is 28.7 Å². The highest BCUT2D eigenvalue weighted by Crippen LogP contribution is 2.20. The molecule has 0 aliphatic carbocycles. The van der Waals surface area contributed by atoms with E-state index < -0.39 is 0 Å². The van der Waals surface area contributed by atoms with Crippen LogP contribution in [-0.2, 0) is 11.2 Å². The first-order valence-corrected chi connectivity index (χ1v) is 7.24. The molecule has 5 nitrogen and oxygen atoms in total. The van der Waals surface area contributed by atoms with Crippen LogP contribution in [0.1, 0.15) is 32.2 Å². The molecule has 0 bridgehead atoms. The fraction of sp³-hybridized carbons (Fsp3) is 0.750. The molecule has 2 rings (SSSR count). The van der Waals surface area contributed by atoms with Gasteiger partial charge in [0.2, 0.25) is 11.0 Å². The van der Waals surface area contributed by atoms with Gasteiger partial charge < -0.3 is 5.32 Å². The minimum Gasteiger partial charge on any atom is -0.306 e. The third-order valence-corrected chi connectivity index (χ3v) is 3.96. The average molecular weight is 268 g/mol. The molecule has 1 fully saturated rings. The quantitative estimate of drug-likeness (QED) is 0.872. The number of amides is 1. The number of nitrogens with zero attached hydrogens (tertiary/aromatic N) is 2. The van der Waals surface area contributed by atoms with Crippen molar-refractivity contribution in [3.05, 3.63) is 5.01 Å². The van der Waals surface area contributed by atoms with Gasteiger partial charge in [-0.05, 0) is 24.8 Å². The number of aromatic nitrogens is 2. The highest BCUT2D eigenvalue weighted by atomic mass is 32.1. The van der Waals surface area contributed by atoms with Crippen LogP contribution in [0.5, 0.6) is 0 Å². The van der Waals surface area contributed by atoms with Gasteiger partial charge in [-0.15, -0.1) is 10.2 Å². The summed E-state index contributed by atoms with van der Waals surface area (Å²) in [7, 11) is 0. The Morgan fingerprint density at radius 2 is 2.33 bits per heavy atom. The maximum atomic E-state index is 12.0. The molecule has 18 heavy (non-hydrogen) atoms. The number of hydrogen-bond donors (Lipinski definition) is 2. The summed E-state index contributed by atoms with van der Waals surface area (Å²) in [6.07, 6.45) is 1.96. The van der Waals surface area contributed by atoms with E-state index in [1.165, 1.54) is 11.3 Å². The fourth-order valence-electron chi connectivity index (χ4n) is 2.10. The largest absolute Gasteiger partial charge is 0.306 e. The molecule has 1 amide bonds. The standard InChI is InChI=1S/C12H20N4OS/c1-7(2)6-9-15-16-12(18-9)14-11(17)10-8(3)4-5-13-10/h7-8,10,13H,4-6H2,1-3H3,(H,14,16,17). The third kappa shape index (κ3) is 3.26. The molecule has 1 aliphatic rings. The first kappa shape index (κ1) is 13.4. The van der Waals surface area contributed by atoms with Crippen molar-refractivity contribution >= 4 is 22.4 Å². The molecule has 1 aromatic heterocycles. The van der Waals surface area contributed by atoms with Crippen molar-refractivity contribution in [3.63, 3.8) is 0 Å². The topological polar surface area (TPSA) is 66.9 Å². The Bertz CT molecular complexity index is 418. The van der Waals surface area contributed by atoms with Crippen molar-refractivity contribution in [2.75, 3.05) is 11.9 Å². The van der Waals surface area contributed by atoms with E-state index in [2.05, 4.69) is 41.6 Å². The molecule has 1 saturated heterocycles. The molecule has 0 spiro atoms. The van der Waals surface area contributed by atoms with E-state index in [0.717, 1.165) is 24.4 Å². The van der Waals surface area contributed by atoms with Gasteiger partial charge >= 0.3 is 0 Å². The molecule has 0 aromatic carbocycles. The molecule has 6 heteroatoms. The van der Waals surface area contributed by atoms with E-state index in [4.69, 9.17) is 0 Å². The Balaban J connectivity index is 1.92. The minimum atomic E-state index is -0.0950. The van der Waals surface area contributed by atoms with Gasteiger partial charge in [0.1, 0.15) is 5.01 Å². The highest BCUT2D eigenvalue weighted by Gasteiger charge is 2.29. The maximum Gasteiger partial charge on any atom is 0.243 e. The zero-order chi connectivity index (χ0) is 13.1. The van der Waals surface area contributed by atoms with Crippen molar-refractivity contribution < 1.29 is 4.79 Å². The first-order chi connectivity index (χ1) is 8.56. The van der Waals surface area contributed by atoms with Gasteiger partial charge in [-0.2, -0.15) is 0 Å². The lowest BCUT2D eigenvalue weighted by Crippen LogP contribution is -2.39. The zero-order valence-corrected chi connectivity index (χ0v) is 11.9. The van der Waals surface area contributed by atoms with Gasteiger partial charge in [0.15, 0.2) is 0 Å². The van der Waals surface area contributed by atoms with Crippen LogP contribution < -0.4 is 10.6 Å². The third-order valence-electron chi connectivity index (χ3n) is 3.10. The molecular formula is C12H20N4OS. The average Bonchev–Trinajstić information content (AvgIpc) is 2.87. The molecule has 2 unspecified atom stereocenters. The van der Waals surface area contributed by atoms with Crippen LogP contribution in [0.3, 0.4) is 0 Å². The van der Waals surface area contributed by atoms with Gasteiger partial charge in [-0.25, -0.2) is 0 Å². The van der Waals surface area contributed by atoms with Crippen molar-refractivity contribution in [2.24, 2.45) is 11.8 Å². The fourth-order valence-corrected chi connectivity index (χ4v) is 3.06. The monoisotopic (exact) mass is 268 g/mol. The molecule has 0 saturated carbocycles. The SMILES string of the molecule is CC(C)Cc1nnc(NC(=O)C2NCCC2C)s1. The number of hydrogen-bond acceptors (Lipinski definition) is 5. The Morgan fingerprint density at radius 3 is 2.94 bits per heavy atom. The summed E-state index contributed by atoms with van der Waals surface area (Å²) in [5.74, 6) is 0.943. The molecule has 2 atom stereocenters. The Labute approximate surface area is 111 Å². The molecular weight excluding hydrogens is 248 g/mol. The predicted molar refractivity (Wildman–Crippen MR) is 72.7 cm³/mol. The predicted octanol–water partition coefficient (Wildman–Crippen LogP) is 1.67. The van der Waals surface area contributed by atoms with E-state index in [0.29, 0.717) is 17.0 Å². The maximum absolute atomic E-state index is 12.0. The Hall–Kier alpha value is -1.01. The van der Waals surface area contributed by atoms with Crippen LogP contribution in [0.25, 0.3) is 0 Å². The summed E-state index contributed by atoms with van der Waals surface area (Å²) in [5.41, 5.74) is 0. The second kappa shape index (κ2) is 5.75. The van der Waals surface area contributed by atoms with Gasteiger partial charge in [0, 0.05) is 6.42 Å². The first-order valence-electron chi connectivity index (χ1n) is 6.43. The van der Waals surface area contributed by atoms with E-state index >= 15 is 0 Å². The second-order valence-electron chi connectivity index (χ2n) is 5.29. The normalized spacial score (nSPS) is 23.6. The zero-order valence-electron chi connectivity index (χ0n) is 11.1. The number of rotatable bonds is 4. The Morgan fingerprint density at radius 1 is 1.56 bits per heavy atom. The van der Waals surface area contributed by atoms with Gasteiger partial charge in [0.05, 0.1) is 6.04 Å². The number of nitrogens with one attached hydrogen (secondary N) is 2. The Kier molecular flexibility index (Phi) is 4.29. The van der Waals surface area contributed by atoms with Crippen molar-refractivity contribution in [1.82, 2.24) is 15.5 Å². The lowest BCUT2D eigenvalue weighted by Gasteiger charge is -2.13. The lowest BCUT2D eigenvalue weighted by atomic mass is 10.0. The number of anilines is 1. The summed E-state index contributed by atoms with van der Waals surface area (Å²) < 4.78 is 0. The van der Waals surface area contributed by atoms with Gasteiger partial charge in [-0.3, -0.25) is 10.1 Å². The van der Waals surface area contributed by atoms with Gasteiger partial charge in [0.25, 0.3) is 0 Å². The van der Waals surface area contributed by atoms with Crippen molar-refractivity contribution in [2.45, 2.75) is 39.7 Å². The van der Waals surface area contributed by atoms with Crippen LogP contribution >= 0.6 is 11.3 Å². The van der Waals surface area contributed by atoms with Crippen molar-refractivity contribution in [1.29, 1.82) is 0 Å². The minimum absolute atomic E-state index is 0.00671. The molecule has 1 aromatic rings.